The van der Waals surface area contributed by atoms with Crippen LogP contribution < -0.4 is 0 Å². The Balaban J connectivity index is 1.23. The third kappa shape index (κ3) is 9.46. The number of phenolic OH excluding ortho intramolecular Hbond substituents is 1. The normalized spacial score (nSPS) is 28.8. The van der Waals surface area contributed by atoms with Crippen LogP contribution >= 0.6 is 0 Å². The van der Waals surface area contributed by atoms with Crippen LogP contribution in [0.3, 0.4) is 0 Å². The molecule has 5 nitrogen and oxygen atoms in total. The lowest BCUT2D eigenvalue weighted by atomic mass is 9.51. The van der Waals surface area contributed by atoms with Gasteiger partial charge in [-0.1, -0.05) is 90.5 Å². The van der Waals surface area contributed by atoms with Gasteiger partial charge < -0.3 is 19.8 Å². The molecular weight excluding hydrogens is 565 g/mol. The zero-order valence-electron chi connectivity index (χ0n) is 28.8. The Morgan fingerprint density at radius 1 is 0.978 bits per heavy atom. The van der Waals surface area contributed by atoms with Crippen LogP contribution in [0.1, 0.15) is 146 Å². The first-order chi connectivity index (χ1) is 21.8. The quantitative estimate of drug-likeness (QED) is 0.141. The second kappa shape index (κ2) is 18.0. The number of phenols is 1. The summed E-state index contributed by atoms with van der Waals surface area (Å²) in [4.78, 5) is 15.0. The van der Waals surface area contributed by atoms with Gasteiger partial charge in [0, 0.05) is 32.5 Å². The number of ether oxygens (including phenoxy) is 1. The van der Waals surface area contributed by atoms with Crippen molar-refractivity contribution < 1.29 is 24.1 Å². The minimum Gasteiger partial charge on any atom is -0.508 e. The summed E-state index contributed by atoms with van der Waals surface area (Å²) >= 11 is 0. The topological polar surface area (TPSA) is 70.0 Å². The van der Waals surface area contributed by atoms with E-state index in [-0.39, 0.29) is 28.9 Å². The Hall–Kier alpha value is -1.66. The first-order valence-corrected chi connectivity index (χ1v) is 18.7. The molecule has 3 aliphatic carbocycles. The van der Waals surface area contributed by atoms with E-state index in [1.54, 1.807) is 13.2 Å². The maximum atomic E-state index is 16.0. The highest BCUT2D eigenvalue weighted by atomic mass is 19.1. The van der Waals surface area contributed by atoms with Crippen LogP contribution in [-0.2, 0) is 16.0 Å². The van der Waals surface area contributed by atoms with Gasteiger partial charge in [-0.25, -0.2) is 4.39 Å². The van der Waals surface area contributed by atoms with Gasteiger partial charge in [-0.05, 0) is 91.4 Å². The fourth-order valence-electron chi connectivity index (χ4n) is 9.40. The lowest BCUT2D eigenvalue weighted by molar-refractivity contribution is -0.132. The monoisotopic (exact) mass is 629 g/mol. The van der Waals surface area contributed by atoms with Gasteiger partial charge in [-0.2, -0.15) is 0 Å². The molecule has 1 aromatic carbocycles. The van der Waals surface area contributed by atoms with Gasteiger partial charge in [-0.15, -0.1) is 0 Å². The van der Waals surface area contributed by atoms with Crippen molar-refractivity contribution in [2.24, 2.45) is 23.2 Å². The second-order valence-electron chi connectivity index (χ2n) is 15.0. The minimum absolute atomic E-state index is 0.131. The predicted octanol–water partition coefficient (Wildman–Crippen LogP) is 9.13. The molecule has 0 heterocycles. The van der Waals surface area contributed by atoms with Crippen molar-refractivity contribution in [3.63, 3.8) is 0 Å². The molecule has 2 saturated carbocycles. The number of alkyl halides is 1. The number of unbranched alkanes of at least 4 members (excludes halogenated alkanes) is 11. The van der Waals surface area contributed by atoms with E-state index in [0.717, 1.165) is 81.9 Å². The van der Waals surface area contributed by atoms with Crippen molar-refractivity contribution in [3.05, 3.63) is 29.3 Å². The molecule has 0 aliphatic heterocycles. The molecule has 7 atom stereocenters. The maximum absolute atomic E-state index is 16.0. The highest BCUT2D eigenvalue weighted by molar-refractivity contribution is 5.76. The molecule has 45 heavy (non-hydrogen) atoms. The summed E-state index contributed by atoms with van der Waals surface area (Å²) in [6.07, 6.45) is 19.0. The number of aromatic hydroxyl groups is 1. The average molecular weight is 630 g/mol. The third-order valence-electron chi connectivity index (χ3n) is 11.9. The number of halogens is 1. The Labute approximate surface area is 273 Å². The molecule has 0 radical (unpaired) electrons. The van der Waals surface area contributed by atoms with E-state index in [2.05, 4.69) is 13.8 Å². The summed E-state index contributed by atoms with van der Waals surface area (Å²) in [5.41, 5.74) is 1.87. The van der Waals surface area contributed by atoms with E-state index < -0.39 is 12.3 Å². The number of hydrogen-bond acceptors (Lipinski definition) is 4. The Kier molecular flexibility index (Phi) is 14.5. The molecule has 0 saturated heterocycles. The zero-order chi connectivity index (χ0) is 32.2. The SMILES string of the molecule is CCCCCCCCCCCC(=O)N(CCCCCC[C@@H]1Cc2cc(O)ccc2C2C1C1CC[C@H](O)[C@@]1(C)C[C@@H]2F)CCOC. The van der Waals surface area contributed by atoms with Gasteiger partial charge in [0.1, 0.15) is 11.9 Å². The molecule has 0 bridgehead atoms. The van der Waals surface area contributed by atoms with Crippen LogP contribution in [0.25, 0.3) is 0 Å². The third-order valence-corrected chi connectivity index (χ3v) is 11.9. The Morgan fingerprint density at radius 2 is 1.67 bits per heavy atom. The highest BCUT2D eigenvalue weighted by Crippen LogP contribution is 2.63. The molecule has 0 spiro atoms. The molecule has 4 rings (SSSR count). The summed E-state index contributed by atoms with van der Waals surface area (Å²) in [7, 11) is 1.70. The zero-order valence-corrected chi connectivity index (χ0v) is 28.8. The average Bonchev–Trinajstić information content (AvgIpc) is 3.31. The van der Waals surface area contributed by atoms with Crippen molar-refractivity contribution in [3.8, 4) is 5.75 Å². The number of methoxy groups -OCH3 is 1. The first kappa shape index (κ1) is 36.2. The first-order valence-electron chi connectivity index (χ1n) is 18.7. The fourth-order valence-corrected chi connectivity index (χ4v) is 9.40. The van der Waals surface area contributed by atoms with Crippen LogP contribution in [0.4, 0.5) is 4.39 Å². The number of aliphatic hydroxyl groups is 1. The van der Waals surface area contributed by atoms with Crippen molar-refractivity contribution in [2.45, 2.75) is 154 Å². The molecule has 2 N–H and O–H groups in total. The van der Waals surface area contributed by atoms with Crippen LogP contribution in [-0.4, -0.2) is 60.1 Å². The minimum atomic E-state index is -0.957. The van der Waals surface area contributed by atoms with Crippen LogP contribution in [0, 0.1) is 23.2 Å². The number of nitrogens with zero attached hydrogens (tertiary/aromatic N) is 1. The van der Waals surface area contributed by atoms with Gasteiger partial charge in [-0.3, -0.25) is 4.79 Å². The lowest BCUT2D eigenvalue weighted by Gasteiger charge is -2.54. The molecule has 256 valence electrons. The lowest BCUT2D eigenvalue weighted by Crippen LogP contribution is -2.51. The van der Waals surface area contributed by atoms with E-state index in [1.165, 1.54) is 44.9 Å². The molecular formula is C39H64FNO4. The van der Waals surface area contributed by atoms with Gasteiger partial charge in [0.15, 0.2) is 0 Å². The van der Waals surface area contributed by atoms with Crippen molar-refractivity contribution >= 4 is 5.91 Å². The Bertz CT molecular complexity index is 1030. The second-order valence-corrected chi connectivity index (χ2v) is 15.0. The molecule has 1 amide bonds. The van der Waals surface area contributed by atoms with E-state index in [1.807, 2.05) is 17.0 Å². The molecule has 0 aromatic heterocycles. The fraction of sp³-hybridized carbons (Fsp3) is 0.821. The molecule has 6 heteroatoms. The van der Waals surface area contributed by atoms with Gasteiger partial charge in [0.25, 0.3) is 0 Å². The summed E-state index contributed by atoms with van der Waals surface area (Å²) in [6.45, 7) is 6.43. The standard InChI is InChI=1S/C39H64FNO4/c1-4-5-6-7-8-9-10-11-15-18-36(44)41(24-25-45-3)23-16-13-12-14-17-29-26-30-27-31(42)19-20-32(30)38-34(40)28-39(2)33(37(29)38)21-22-35(39)43/h19-20,27,29,33-35,37-38,42-43H,4-18,21-26,28H2,1-3H3/t29-,33?,34+,35+,37?,38?,39+/m1/s1. The van der Waals surface area contributed by atoms with Gasteiger partial charge >= 0.3 is 0 Å². The number of amides is 1. The van der Waals surface area contributed by atoms with Crippen molar-refractivity contribution in [1.82, 2.24) is 4.90 Å². The number of fused-ring (bicyclic) bond motifs is 5. The number of carbonyl (C=O) groups is 1. The van der Waals surface area contributed by atoms with Crippen LogP contribution in [0.5, 0.6) is 5.75 Å². The van der Waals surface area contributed by atoms with Crippen molar-refractivity contribution in [2.75, 3.05) is 26.8 Å². The number of hydrogen-bond donors (Lipinski definition) is 2. The Morgan fingerprint density at radius 3 is 2.40 bits per heavy atom. The molecule has 1 aromatic rings. The van der Waals surface area contributed by atoms with Gasteiger partial charge in [0.2, 0.25) is 5.91 Å². The summed E-state index contributed by atoms with van der Waals surface area (Å²) < 4.78 is 21.3. The van der Waals surface area contributed by atoms with Crippen LogP contribution in [0.15, 0.2) is 18.2 Å². The van der Waals surface area contributed by atoms with Gasteiger partial charge in [0.05, 0.1) is 12.7 Å². The number of aliphatic hydroxyl groups excluding tert-OH is 1. The predicted molar refractivity (Wildman–Crippen MR) is 181 cm³/mol. The number of benzene rings is 1. The number of rotatable bonds is 20. The maximum Gasteiger partial charge on any atom is 0.222 e. The molecule has 3 aliphatic rings. The highest BCUT2D eigenvalue weighted by Gasteiger charge is 2.59. The van der Waals surface area contributed by atoms with E-state index in [9.17, 15) is 15.0 Å². The van der Waals surface area contributed by atoms with Crippen molar-refractivity contribution in [1.29, 1.82) is 0 Å². The smallest absolute Gasteiger partial charge is 0.222 e. The van der Waals surface area contributed by atoms with E-state index >= 15 is 4.39 Å². The van der Waals surface area contributed by atoms with E-state index in [0.29, 0.717) is 37.8 Å². The molecule has 3 unspecified atom stereocenters. The van der Waals surface area contributed by atoms with E-state index in [4.69, 9.17) is 4.74 Å². The molecule has 2 fully saturated rings. The summed E-state index contributed by atoms with van der Waals surface area (Å²) in [5.74, 6) is 1.37. The summed E-state index contributed by atoms with van der Waals surface area (Å²) in [5, 5.41) is 21.1. The summed E-state index contributed by atoms with van der Waals surface area (Å²) in [6, 6.07) is 5.55. The largest absolute Gasteiger partial charge is 0.508 e. The number of carbonyl (C=O) groups excluding carboxylic acids is 1. The van der Waals surface area contributed by atoms with Crippen LogP contribution in [0.2, 0.25) is 0 Å².